The first-order valence-electron chi connectivity index (χ1n) is 8.95. The van der Waals surface area contributed by atoms with Gasteiger partial charge in [-0.05, 0) is 29.8 Å². The van der Waals surface area contributed by atoms with Gasteiger partial charge in [0.05, 0.1) is 24.7 Å². The first-order chi connectivity index (χ1) is 14.5. The molecule has 1 aromatic carbocycles. The average molecular weight is 408 g/mol. The molecule has 3 aromatic heterocycles. The number of furan rings is 1. The van der Waals surface area contributed by atoms with Crippen molar-refractivity contribution in [2.24, 2.45) is 7.05 Å². The summed E-state index contributed by atoms with van der Waals surface area (Å²) in [7, 11) is 1.60. The van der Waals surface area contributed by atoms with Crippen molar-refractivity contribution in [3.63, 3.8) is 0 Å². The number of aromatic nitrogens is 4. The van der Waals surface area contributed by atoms with Crippen LogP contribution in [0.2, 0.25) is 0 Å². The van der Waals surface area contributed by atoms with Crippen molar-refractivity contribution in [2.75, 3.05) is 10.6 Å². The van der Waals surface area contributed by atoms with E-state index >= 15 is 0 Å². The molecule has 0 aliphatic rings. The number of aryl methyl sites for hydroxylation is 1. The average Bonchev–Trinajstić information content (AvgIpc) is 3.44. The molecule has 0 saturated carbocycles. The molecule has 4 aromatic rings. The summed E-state index contributed by atoms with van der Waals surface area (Å²) in [5, 5.41) is 13.6. The number of nitrogens with one attached hydrogen (secondary N) is 2. The van der Waals surface area contributed by atoms with Crippen LogP contribution in [0.15, 0.2) is 65.5 Å². The Morgan fingerprint density at radius 2 is 2.00 bits per heavy atom. The van der Waals surface area contributed by atoms with Crippen molar-refractivity contribution in [1.29, 1.82) is 0 Å². The Hall–Kier alpha value is -4.21. The van der Waals surface area contributed by atoms with Crippen molar-refractivity contribution in [1.82, 2.24) is 19.6 Å². The molecule has 0 saturated heterocycles. The molecule has 10 heteroatoms. The molecule has 30 heavy (non-hydrogen) atoms. The standard InChI is InChI=1S/C20H17FN6O3/c1-26-18(24-20(29)17-6-3-7-30-17)9-16(25-26)19(28)23-15-10-22-27(12-15)11-13-4-2-5-14(21)8-13/h2-10,12H,11H2,1H3,(H,23,28)(H,24,29). The van der Waals surface area contributed by atoms with Gasteiger partial charge in [0, 0.05) is 19.3 Å². The van der Waals surface area contributed by atoms with Crippen LogP contribution < -0.4 is 10.6 Å². The highest BCUT2D eigenvalue weighted by Crippen LogP contribution is 2.14. The van der Waals surface area contributed by atoms with Gasteiger partial charge in [0.15, 0.2) is 11.5 Å². The third-order valence-corrected chi connectivity index (χ3v) is 4.22. The van der Waals surface area contributed by atoms with Crippen LogP contribution >= 0.6 is 0 Å². The Morgan fingerprint density at radius 3 is 2.77 bits per heavy atom. The lowest BCUT2D eigenvalue weighted by atomic mass is 10.2. The lowest BCUT2D eigenvalue weighted by Gasteiger charge is -2.02. The number of carbonyl (C=O) groups is 2. The van der Waals surface area contributed by atoms with Gasteiger partial charge >= 0.3 is 0 Å². The lowest BCUT2D eigenvalue weighted by molar-refractivity contribution is 0.0993. The molecule has 0 bridgehead atoms. The number of nitrogens with zero attached hydrogens (tertiary/aromatic N) is 4. The van der Waals surface area contributed by atoms with E-state index in [4.69, 9.17) is 4.42 Å². The second-order valence-electron chi connectivity index (χ2n) is 6.48. The fourth-order valence-electron chi connectivity index (χ4n) is 2.81. The first-order valence-corrected chi connectivity index (χ1v) is 8.95. The number of benzene rings is 1. The first kappa shape index (κ1) is 19.1. The van der Waals surface area contributed by atoms with Crippen molar-refractivity contribution >= 4 is 23.3 Å². The summed E-state index contributed by atoms with van der Waals surface area (Å²) in [6.07, 6.45) is 4.51. The van der Waals surface area contributed by atoms with Crippen LogP contribution in [-0.2, 0) is 13.6 Å². The van der Waals surface area contributed by atoms with Gasteiger partial charge in [0.25, 0.3) is 11.8 Å². The number of hydrogen-bond donors (Lipinski definition) is 2. The summed E-state index contributed by atoms with van der Waals surface area (Å²) in [4.78, 5) is 24.6. The third kappa shape index (κ3) is 4.27. The van der Waals surface area contributed by atoms with Crippen LogP contribution in [0.25, 0.3) is 0 Å². The van der Waals surface area contributed by atoms with E-state index in [1.807, 2.05) is 0 Å². The van der Waals surface area contributed by atoms with Crippen LogP contribution in [0, 0.1) is 5.82 Å². The number of hydrogen-bond acceptors (Lipinski definition) is 5. The number of halogens is 1. The van der Waals surface area contributed by atoms with Crippen LogP contribution in [0.4, 0.5) is 15.9 Å². The SMILES string of the molecule is Cn1nc(C(=O)Nc2cnn(Cc3cccc(F)c3)c2)cc1NC(=O)c1ccco1. The second kappa shape index (κ2) is 8.03. The Balaban J connectivity index is 1.41. The van der Waals surface area contributed by atoms with Crippen molar-refractivity contribution < 1.29 is 18.4 Å². The molecule has 0 radical (unpaired) electrons. The van der Waals surface area contributed by atoms with E-state index in [-0.39, 0.29) is 17.3 Å². The summed E-state index contributed by atoms with van der Waals surface area (Å²) < 4.78 is 21.3. The van der Waals surface area contributed by atoms with Gasteiger partial charge < -0.3 is 15.1 Å². The van der Waals surface area contributed by atoms with Gasteiger partial charge in [-0.25, -0.2) is 4.39 Å². The lowest BCUT2D eigenvalue weighted by Crippen LogP contribution is -2.13. The van der Waals surface area contributed by atoms with Gasteiger partial charge in [0.1, 0.15) is 11.6 Å². The quantitative estimate of drug-likeness (QED) is 0.510. The summed E-state index contributed by atoms with van der Waals surface area (Å²) in [5.74, 6) is -0.752. The van der Waals surface area contributed by atoms with E-state index in [9.17, 15) is 14.0 Å². The van der Waals surface area contributed by atoms with Crippen molar-refractivity contribution in [3.05, 3.63) is 84.0 Å². The van der Waals surface area contributed by atoms with E-state index in [2.05, 4.69) is 20.8 Å². The van der Waals surface area contributed by atoms with E-state index < -0.39 is 11.8 Å². The number of anilines is 2. The molecular weight excluding hydrogens is 391 g/mol. The molecule has 152 valence electrons. The van der Waals surface area contributed by atoms with Crippen molar-refractivity contribution in [2.45, 2.75) is 6.54 Å². The van der Waals surface area contributed by atoms with Gasteiger partial charge in [-0.2, -0.15) is 10.2 Å². The second-order valence-corrected chi connectivity index (χ2v) is 6.48. The molecule has 3 heterocycles. The third-order valence-electron chi connectivity index (χ3n) is 4.22. The maximum Gasteiger partial charge on any atom is 0.292 e. The molecular formula is C20H17FN6O3. The molecule has 0 unspecified atom stereocenters. The van der Waals surface area contributed by atoms with Gasteiger partial charge in [0.2, 0.25) is 0 Å². The maximum absolute atomic E-state index is 13.3. The number of rotatable bonds is 6. The molecule has 2 N–H and O–H groups in total. The maximum atomic E-state index is 13.3. The fourth-order valence-corrected chi connectivity index (χ4v) is 2.81. The largest absolute Gasteiger partial charge is 0.459 e. The van der Waals surface area contributed by atoms with Crippen LogP contribution in [0.5, 0.6) is 0 Å². The topological polar surface area (TPSA) is 107 Å². The van der Waals surface area contributed by atoms with Crippen LogP contribution in [0.1, 0.15) is 26.6 Å². The Bertz CT molecular complexity index is 1200. The Morgan fingerprint density at radius 1 is 1.13 bits per heavy atom. The molecule has 0 aliphatic carbocycles. The molecule has 0 aliphatic heterocycles. The molecule has 0 fully saturated rings. The Labute approximate surface area is 170 Å². The summed E-state index contributed by atoms with van der Waals surface area (Å²) in [6.45, 7) is 0.361. The van der Waals surface area contributed by atoms with Crippen molar-refractivity contribution in [3.8, 4) is 0 Å². The molecule has 2 amide bonds. The van der Waals surface area contributed by atoms with Crippen LogP contribution in [-0.4, -0.2) is 31.4 Å². The van der Waals surface area contributed by atoms with Crippen LogP contribution in [0.3, 0.4) is 0 Å². The predicted octanol–water partition coefficient (Wildman–Crippen LogP) is 2.90. The normalized spacial score (nSPS) is 10.7. The minimum atomic E-state index is -0.464. The number of amides is 2. The zero-order valence-corrected chi connectivity index (χ0v) is 15.9. The monoisotopic (exact) mass is 408 g/mol. The molecule has 4 rings (SSSR count). The highest BCUT2D eigenvalue weighted by atomic mass is 19.1. The number of carbonyl (C=O) groups excluding carboxylic acids is 2. The summed E-state index contributed by atoms with van der Waals surface area (Å²) >= 11 is 0. The van der Waals surface area contributed by atoms with E-state index in [1.165, 1.54) is 41.4 Å². The minimum absolute atomic E-state index is 0.116. The molecule has 0 spiro atoms. The molecule has 9 nitrogen and oxygen atoms in total. The fraction of sp³-hybridized carbons (Fsp3) is 0.100. The zero-order valence-electron chi connectivity index (χ0n) is 15.9. The highest BCUT2D eigenvalue weighted by molar-refractivity contribution is 6.05. The van der Waals surface area contributed by atoms with E-state index in [1.54, 1.807) is 36.1 Å². The summed E-state index contributed by atoms with van der Waals surface area (Å²) in [6, 6.07) is 10.8. The van der Waals surface area contributed by atoms with Gasteiger partial charge in [-0.15, -0.1) is 0 Å². The van der Waals surface area contributed by atoms with Gasteiger partial charge in [-0.1, -0.05) is 12.1 Å². The van der Waals surface area contributed by atoms with E-state index in [0.29, 0.717) is 18.1 Å². The van der Waals surface area contributed by atoms with Gasteiger partial charge in [-0.3, -0.25) is 19.0 Å². The Kier molecular flexibility index (Phi) is 5.12. The minimum Gasteiger partial charge on any atom is -0.459 e. The predicted molar refractivity (Wildman–Crippen MR) is 106 cm³/mol. The summed E-state index contributed by atoms with van der Waals surface area (Å²) in [5.41, 5.74) is 1.32. The molecule has 0 atom stereocenters. The highest BCUT2D eigenvalue weighted by Gasteiger charge is 2.17. The zero-order chi connectivity index (χ0) is 21.1. The van der Waals surface area contributed by atoms with E-state index in [0.717, 1.165) is 5.56 Å². The smallest absolute Gasteiger partial charge is 0.292 e.